The smallest absolute Gasteiger partial charge is 0.329 e. The minimum Gasteiger partial charge on any atom is -0.480 e. The van der Waals surface area contributed by atoms with Crippen molar-refractivity contribution in [3.63, 3.8) is 0 Å². The zero-order valence-corrected chi connectivity index (χ0v) is 12.1. The molecule has 2 N–H and O–H groups in total. The van der Waals surface area contributed by atoms with Crippen molar-refractivity contribution in [1.29, 1.82) is 0 Å². The summed E-state index contributed by atoms with van der Waals surface area (Å²) >= 11 is 0. The Bertz CT molecular complexity index is 381. The molecule has 0 spiro atoms. The molecule has 1 amide bonds. The lowest BCUT2D eigenvalue weighted by molar-refractivity contribution is -0.189. The fourth-order valence-corrected chi connectivity index (χ4v) is 1.77. The van der Waals surface area contributed by atoms with Crippen LogP contribution in [0, 0.1) is 0 Å². The van der Waals surface area contributed by atoms with Crippen LogP contribution in [0.4, 0.5) is 0 Å². The van der Waals surface area contributed by atoms with E-state index in [0.717, 1.165) is 0 Å². The van der Waals surface area contributed by atoms with Crippen LogP contribution in [0.1, 0.15) is 0 Å². The van der Waals surface area contributed by atoms with Crippen molar-refractivity contribution in [2.75, 3.05) is 59.2 Å². The van der Waals surface area contributed by atoms with Gasteiger partial charge in [-0.1, -0.05) is 0 Å². The van der Waals surface area contributed by atoms with E-state index in [1.807, 2.05) is 0 Å². The average molecular weight is 320 g/mol. The molecule has 1 rings (SSSR count). The maximum Gasteiger partial charge on any atom is 0.329 e. The number of carbonyl (C=O) groups is 3. The van der Waals surface area contributed by atoms with Gasteiger partial charge in [0.25, 0.3) is 0 Å². The first-order valence-electron chi connectivity index (χ1n) is 6.73. The van der Waals surface area contributed by atoms with E-state index in [1.165, 1.54) is 0 Å². The number of hydrogen-bond acceptors (Lipinski definition) is 7. The van der Waals surface area contributed by atoms with Gasteiger partial charge in [0, 0.05) is 26.2 Å². The van der Waals surface area contributed by atoms with Crippen LogP contribution in [0.5, 0.6) is 0 Å². The lowest BCUT2D eigenvalue weighted by Crippen LogP contribution is -2.49. The van der Waals surface area contributed by atoms with Gasteiger partial charge in [-0.3, -0.25) is 9.63 Å². The van der Waals surface area contributed by atoms with Crippen LogP contribution in [0.3, 0.4) is 0 Å². The van der Waals surface area contributed by atoms with Gasteiger partial charge in [-0.15, -0.1) is 0 Å². The second kappa shape index (κ2) is 10.1. The van der Waals surface area contributed by atoms with E-state index in [-0.39, 0.29) is 32.3 Å². The topological polar surface area (TPSA) is 126 Å². The summed E-state index contributed by atoms with van der Waals surface area (Å²) in [5.41, 5.74) is 0. The number of aliphatic carboxylic acids is 2. The van der Waals surface area contributed by atoms with Gasteiger partial charge < -0.3 is 24.6 Å². The van der Waals surface area contributed by atoms with Gasteiger partial charge in [0.15, 0.2) is 0 Å². The van der Waals surface area contributed by atoms with Crippen molar-refractivity contribution in [3.8, 4) is 0 Å². The van der Waals surface area contributed by atoms with Gasteiger partial charge in [-0.05, 0) is 0 Å². The normalized spacial score (nSPS) is 15.7. The molecule has 0 aromatic heterocycles. The van der Waals surface area contributed by atoms with Crippen LogP contribution in [0.25, 0.3) is 0 Å². The van der Waals surface area contributed by atoms with E-state index in [4.69, 9.17) is 24.5 Å². The second-order valence-electron chi connectivity index (χ2n) is 4.48. The summed E-state index contributed by atoms with van der Waals surface area (Å²) in [6.45, 7) is 1.21. The van der Waals surface area contributed by atoms with Crippen molar-refractivity contribution >= 4 is 17.8 Å². The molecule has 0 radical (unpaired) electrons. The molecule has 0 atom stereocenters. The Kier molecular flexibility index (Phi) is 8.36. The predicted molar refractivity (Wildman–Crippen MR) is 71.0 cm³/mol. The van der Waals surface area contributed by atoms with Gasteiger partial charge in [0.2, 0.25) is 5.91 Å². The molecule has 0 aromatic rings. The minimum absolute atomic E-state index is 0.175. The second-order valence-corrected chi connectivity index (χ2v) is 4.48. The summed E-state index contributed by atoms with van der Waals surface area (Å²) < 4.78 is 9.58. The molecule has 1 saturated heterocycles. The number of carbonyl (C=O) groups excluding carboxylic acids is 1. The molecule has 0 saturated carbocycles. The predicted octanol–water partition coefficient (Wildman–Crippen LogP) is -1.74. The summed E-state index contributed by atoms with van der Waals surface area (Å²) in [6, 6.07) is 0. The van der Waals surface area contributed by atoms with Crippen molar-refractivity contribution in [3.05, 3.63) is 0 Å². The summed E-state index contributed by atoms with van der Waals surface area (Å²) in [4.78, 5) is 39.2. The minimum atomic E-state index is -1.11. The number of carboxylic acids is 2. The number of piperazine rings is 1. The molecule has 22 heavy (non-hydrogen) atoms. The highest BCUT2D eigenvalue weighted by atomic mass is 16.7. The highest BCUT2D eigenvalue weighted by Gasteiger charge is 2.21. The van der Waals surface area contributed by atoms with Gasteiger partial charge in [0.05, 0.1) is 13.2 Å². The lowest BCUT2D eigenvalue weighted by atomic mass is 10.3. The zero-order chi connectivity index (χ0) is 16.4. The summed E-state index contributed by atoms with van der Waals surface area (Å²) in [5, 5.41) is 18.5. The van der Waals surface area contributed by atoms with Crippen molar-refractivity contribution in [2.24, 2.45) is 0 Å². The lowest BCUT2D eigenvalue weighted by Gasteiger charge is -2.33. The maximum absolute atomic E-state index is 11.7. The third kappa shape index (κ3) is 7.88. The molecular weight excluding hydrogens is 300 g/mol. The Hall–Kier alpha value is -1.75. The van der Waals surface area contributed by atoms with Crippen molar-refractivity contribution < 1.29 is 38.9 Å². The Morgan fingerprint density at radius 3 is 2.00 bits per heavy atom. The molecule has 1 heterocycles. The number of carboxylic acid groups (broad SMARTS) is 2. The molecule has 1 aliphatic rings. The van der Waals surface area contributed by atoms with Gasteiger partial charge in [-0.2, -0.15) is 5.06 Å². The summed E-state index contributed by atoms with van der Waals surface area (Å²) in [5.74, 6) is -2.40. The number of nitrogens with zero attached hydrogens (tertiary/aromatic N) is 2. The average Bonchev–Trinajstić information content (AvgIpc) is 2.46. The molecule has 1 aliphatic heterocycles. The Labute approximate surface area is 127 Å². The zero-order valence-electron chi connectivity index (χ0n) is 12.1. The molecule has 0 bridgehead atoms. The Balaban J connectivity index is 2.08. The standard InChI is InChI=1S/C12H20N2O8/c15-10(7-21-9-12(18)19)13-1-3-14(4-2-13)22-6-5-20-8-11(16)17/h1-9H2,(H,16,17)(H,18,19). The highest BCUT2D eigenvalue weighted by Crippen LogP contribution is 2.03. The van der Waals surface area contributed by atoms with E-state index >= 15 is 0 Å². The molecule has 10 heteroatoms. The summed E-state index contributed by atoms with van der Waals surface area (Å²) in [7, 11) is 0. The molecule has 0 unspecified atom stereocenters. The number of hydroxylamine groups is 2. The van der Waals surface area contributed by atoms with Crippen LogP contribution in [-0.2, 0) is 28.7 Å². The third-order valence-corrected chi connectivity index (χ3v) is 2.77. The van der Waals surface area contributed by atoms with E-state index < -0.39 is 18.5 Å². The fourth-order valence-electron chi connectivity index (χ4n) is 1.77. The van der Waals surface area contributed by atoms with Gasteiger partial charge in [-0.25, -0.2) is 9.59 Å². The van der Waals surface area contributed by atoms with Gasteiger partial charge >= 0.3 is 11.9 Å². The first-order valence-corrected chi connectivity index (χ1v) is 6.73. The molecule has 0 aromatic carbocycles. The quantitative estimate of drug-likeness (QED) is 0.451. The number of amides is 1. The van der Waals surface area contributed by atoms with E-state index in [9.17, 15) is 14.4 Å². The number of rotatable bonds is 10. The molecule has 10 nitrogen and oxygen atoms in total. The third-order valence-electron chi connectivity index (χ3n) is 2.77. The molecule has 0 aliphatic carbocycles. The molecule has 126 valence electrons. The van der Waals surface area contributed by atoms with E-state index in [1.54, 1.807) is 9.96 Å². The Morgan fingerprint density at radius 2 is 1.41 bits per heavy atom. The maximum atomic E-state index is 11.7. The Morgan fingerprint density at radius 1 is 0.818 bits per heavy atom. The largest absolute Gasteiger partial charge is 0.480 e. The SMILES string of the molecule is O=C(O)COCCON1CCN(C(=O)COCC(=O)O)CC1. The first-order chi connectivity index (χ1) is 10.5. The molecular formula is C12H20N2O8. The van der Waals surface area contributed by atoms with Crippen molar-refractivity contribution in [2.45, 2.75) is 0 Å². The van der Waals surface area contributed by atoms with Crippen LogP contribution in [-0.4, -0.2) is 97.2 Å². The summed E-state index contributed by atoms with van der Waals surface area (Å²) in [6.07, 6.45) is 0. The van der Waals surface area contributed by atoms with Crippen LogP contribution in [0.15, 0.2) is 0 Å². The van der Waals surface area contributed by atoms with Gasteiger partial charge in [0.1, 0.15) is 19.8 Å². The molecule has 1 fully saturated rings. The van der Waals surface area contributed by atoms with Crippen LogP contribution >= 0.6 is 0 Å². The number of ether oxygens (including phenoxy) is 2. The van der Waals surface area contributed by atoms with Crippen molar-refractivity contribution in [1.82, 2.24) is 9.96 Å². The monoisotopic (exact) mass is 320 g/mol. The number of hydrogen-bond donors (Lipinski definition) is 2. The fraction of sp³-hybridized carbons (Fsp3) is 0.750. The van der Waals surface area contributed by atoms with Crippen LogP contribution in [0.2, 0.25) is 0 Å². The first kappa shape index (κ1) is 18.3. The van der Waals surface area contributed by atoms with Crippen LogP contribution < -0.4 is 0 Å². The highest BCUT2D eigenvalue weighted by molar-refractivity contribution is 5.78. The van der Waals surface area contributed by atoms with E-state index in [0.29, 0.717) is 26.2 Å². The van der Waals surface area contributed by atoms with E-state index in [2.05, 4.69) is 0 Å².